The molecule has 17 heavy (non-hydrogen) atoms. The molecule has 6 heteroatoms. The zero-order valence-electron chi connectivity index (χ0n) is 8.99. The number of phenols is 1. The third kappa shape index (κ3) is 4.42. The Bertz CT molecular complexity index is 423. The van der Waals surface area contributed by atoms with Crippen LogP contribution in [-0.4, -0.2) is 22.2 Å². The second-order valence-corrected chi connectivity index (χ2v) is 4.64. The van der Waals surface area contributed by atoms with Crippen LogP contribution in [0.4, 0.5) is 0 Å². The van der Waals surface area contributed by atoms with Crippen molar-refractivity contribution >= 4 is 29.2 Å². The number of carboxylic acid groups (broad SMARTS) is 1. The summed E-state index contributed by atoms with van der Waals surface area (Å²) in [7, 11) is 0. The van der Waals surface area contributed by atoms with Gasteiger partial charge >= 0.3 is 5.97 Å². The lowest BCUT2D eigenvalue weighted by Crippen LogP contribution is -2.23. The van der Waals surface area contributed by atoms with E-state index in [0.717, 1.165) is 0 Å². The molecule has 1 aromatic rings. The second kappa shape index (κ2) is 6.10. The number of hydrogen-bond acceptors (Lipinski definition) is 3. The van der Waals surface area contributed by atoms with Crippen LogP contribution in [0, 0.1) is 0 Å². The van der Waals surface area contributed by atoms with E-state index in [9.17, 15) is 9.90 Å². The van der Waals surface area contributed by atoms with E-state index in [1.54, 1.807) is 6.07 Å². The molecule has 94 valence electrons. The molecule has 0 bridgehead atoms. The third-order valence-electron chi connectivity index (χ3n) is 2.32. The van der Waals surface area contributed by atoms with E-state index in [-0.39, 0.29) is 23.2 Å². The minimum Gasteiger partial charge on any atom is -0.506 e. The minimum atomic E-state index is -0.895. The first-order chi connectivity index (χ1) is 7.90. The van der Waals surface area contributed by atoms with Gasteiger partial charge in [-0.2, -0.15) is 0 Å². The van der Waals surface area contributed by atoms with Crippen molar-refractivity contribution in [1.29, 1.82) is 0 Å². The van der Waals surface area contributed by atoms with Gasteiger partial charge in [-0.25, -0.2) is 0 Å². The molecule has 0 aliphatic carbocycles. The molecule has 0 fully saturated rings. The molecule has 1 unspecified atom stereocenters. The molecule has 0 spiro atoms. The lowest BCUT2D eigenvalue weighted by molar-refractivity contribution is -0.137. The fourth-order valence-corrected chi connectivity index (χ4v) is 2.00. The van der Waals surface area contributed by atoms with Crippen molar-refractivity contribution in [3.05, 3.63) is 27.7 Å². The molecule has 0 saturated carbocycles. The van der Waals surface area contributed by atoms with Crippen LogP contribution in [-0.2, 0) is 11.2 Å². The van der Waals surface area contributed by atoms with Gasteiger partial charge in [-0.3, -0.25) is 4.79 Å². The fourth-order valence-electron chi connectivity index (χ4n) is 1.47. The SMILES string of the molecule is NC(CCC(=O)O)Cc1cc(Cl)cc(Cl)c1O. The molecule has 4 N–H and O–H groups in total. The Morgan fingerprint density at radius 3 is 2.65 bits per heavy atom. The van der Waals surface area contributed by atoms with Gasteiger partial charge in [0.25, 0.3) is 0 Å². The van der Waals surface area contributed by atoms with E-state index in [0.29, 0.717) is 23.4 Å². The van der Waals surface area contributed by atoms with Crippen LogP contribution in [0.25, 0.3) is 0 Å². The molecule has 0 heterocycles. The van der Waals surface area contributed by atoms with Gasteiger partial charge < -0.3 is 15.9 Å². The number of hydrogen-bond donors (Lipinski definition) is 3. The van der Waals surface area contributed by atoms with Crippen molar-refractivity contribution in [1.82, 2.24) is 0 Å². The number of nitrogens with two attached hydrogens (primary N) is 1. The molecular weight excluding hydrogens is 265 g/mol. The maximum atomic E-state index is 10.4. The number of carboxylic acids is 1. The summed E-state index contributed by atoms with van der Waals surface area (Å²) in [5.41, 5.74) is 6.29. The van der Waals surface area contributed by atoms with Crippen molar-refractivity contribution in [2.75, 3.05) is 0 Å². The Labute approximate surface area is 109 Å². The van der Waals surface area contributed by atoms with E-state index >= 15 is 0 Å². The van der Waals surface area contributed by atoms with Crippen LogP contribution < -0.4 is 5.73 Å². The first kappa shape index (κ1) is 14.1. The fraction of sp³-hybridized carbons (Fsp3) is 0.364. The zero-order chi connectivity index (χ0) is 13.0. The van der Waals surface area contributed by atoms with Crippen LogP contribution in [0.15, 0.2) is 12.1 Å². The van der Waals surface area contributed by atoms with Gasteiger partial charge in [0.2, 0.25) is 0 Å². The lowest BCUT2D eigenvalue weighted by atomic mass is 10.0. The molecule has 0 amide bonds. The third-order valence-corrected chi connectivity index (χ3v) is 2.82. The highest BCUT2D eigenvalue weighted by molar-refractivity contribution is 6.35. The second-order valence-electron chi connectivity index (χ2n) is 3.79. The Kier molecular flexibility index (Phi) is 5.05. The quantitative estimate of drug-likeness (QED) is 0.772. The van der Waals surface area contributed by atoms with Crippen LogP contribution in [0.3, 0.4) is 0 Å². The van der Waals surface area contributed by atoms with Crippen molar-refractivity contribution in [2.45, 2.75) is 25.3 Å². The molecule has 0 aromatic heterocycles. The van der Waals surface area contributed by atoms with Gasteiger partial charge in [-0.15, -0.1) is 0 Å². The van der Waals surface area contributed by atoms with Crippen molar-refractivity contribution in [2.24, 2.45) is 5.73 Å². The predicted octanol–water partition coefficient (Wildman–Crippen LogP) is 2.43. The highest BCUT2D eigenvalue weighted by Crippen LogP contribution is 2.31. The number of halogens is 2. The van der Waals surface area contributed by atoms with E-state index in [4.69, 9.17) is 34.0 Å². The standard InChI is InChI=1S/C11H13Cl2NO3/c12-7-3-6(11(17)9(13)5-7)4-8(14)1-2-10(15)16/h3,5,8,17H,1-2,4,14H2,(H,15,16). The molecule has 4 nitrogen and oxygen atoms in total. The highest BCUT2D eigenvalue weighted by atomic mass is 35.5. The number of aliphatic carboxylic acids is 1. The number of phenolic OH excluding ortho intramolecular Hbond substituents is 1. The molecule has 1 rings (SSSR count). The van der Waals surface area contributed by atoms with Crippen LogP contribution in [0.2, 0.25) is 10.0 Å². The number of aromatic hydroxyl groups is 1. The molecule has 0 aliphatic rings. The topological polar surface area (TPSA) is 83.6 Å². The normalized spacial score (nSPS) is 12.4. The first-order valence-corrected chi connectivity index (χ1v) is 5.80. The molecular formula is C11H13Cl2NO3. The monoisotopic (exact) mass is 277 g/mol. The first-order valence-electron chi connectivity index (χ1n) is 5.04. The summed E-state index contributed by atoms with van der Waals surface area (Å²) in [5, 5.41) is 18.8. The molecule has 1 atom stereocenters. The van der Waals surface area contributed by atoms with Gasteiger partial charge in [0.1, 0.15) is 5.75 Å². The summed E-state index contributed by atoms with van der Waals surface area (Å²) in [5.74, 6) is -0.948. The van der Waals surface area contributed by atoms with Crippen molar-refractivity contribution in [3.8, 4) is 5.75 Å². The van der Waals surface area contributed by atoms with Gasteiger partial charge in [0, 0.05) is 17.5 Å². The maximum absolute atomic E-state index is 10.4. The maximum Gasteiger partial charge on any atom is 0.303 e. The Balaban J connectivity index is 2.71. The van der Waals surface area contributed by atoms with Gasteiger partial charge in [0.15, 0.2) is 0 Å². The van der Waals surface area contributed by atoms with E-state index < -0.39 is 5.97 Å². The average molecular weight is 278 g/mol. The summed E-state index contributed by atoms with van der Waals surface area (Å²) >= 11 is 11.6. The molecule has 0 saturated heterocycles. The lowest BCUT2D eigenvalue weighted by Gasteiger charge is -2.12. The summed E-state index contributed by atoms with van der Waals surface area (Å²) in [4.78, 5) is 10.4. The minimum absolute atomic E-state index is 0.00374. The average Bonchev–Trinajstić information content (AvgIpc) is 2.22. The summed E-state index contributed by atoms with van der Waals surface area (Å²) in [6.45, 7) is 0. The molecule has 1 aromatic carbocycles. The Morgan fingerprint density at radius 2 is 2.06 bits per heavy atom. The summed E-state index contributed by atoms with van der Waals surface area (Å²) in [6, 6.07) is 2.65. The number of rotatable bonds is 5. The van der Waals surface area contributed by atoms with Crippen LogP contribution >= 0.6 is 23.2 Å². The van der Waals surface area contributed by atoms with E-state index in [1.807, 2.05) is 0 Å². The van der Waals surface area contributed by atoms with Gasteiger partial charge in [-0.1, -0.05) is 23.2 Å². The number of benzene rings is 1. The highest BCUT2D eigenvalue weighted by Gasteiger charge is 2.12. The van der Waals surface area contributed by atoms with Crippen molar-refractivity contribution < 1.29 is 15.0 Å². The number of carbonyl (C=O) groups is 1. The summed E-state index contributed by atoms with van der Waals surface area (Å²) in [6.07, 6.45) is 0.661. The predicted molar refractivity (Wildman–Crippen MR) is 66.7 cm³/mol. The largest absolute Gasteiger partial charge is 0.506 e. The van der Waals surface area contributed by atoms with Crippen LogP contribution in [0.1, 0.15) is 18.4 Å². The van der Waals surface area contributed by atoms with Gasteiger partial charge in [0.05, 0.1) is 5.02 Å². The van der Waals surface area contributed by atoms with E-state index in [2.05, 4.69) is 0 Å². The molecule has 0 aliphatic heterocycles. The van der Waals surface area contributed by atoms with Crippen LogP contribution in [0.5, 0.6) is 5.75 Å². The molecule has 0 radical (unpaired) electrons. The van der Waals surface area contributed by atoms with E-state index in [1.165, 1.54) is 6.07 Å². The van der Waals surface area contributed by atoms with Crippen molar-refractivity contribution in [3.63, 3.8) is 0 Å². The zero-order valence-corrected chi connectivity index (χ0v) is 10.5. The van der Waals surface area contributed by atoms with Gasteiger partial charge in [-0.05, 0) is 30.5 Å². The summed E-state index contributed by atoms with van der Waals surface area (Å²) < 4.78 is 0. The Hall–Kier alpha value is -0.970. The smallest absolute Gasteiger partial charge is 0.303 e. The Morgan fingerprint density at radius 1 is 1.41 bits per heavy atom.